The second kappa shape index (κ2) is 6.81. The molecule has 0 aliphatic carbocycles. The molecule has 1 aromatic rings. The van der Waals surface area contributed by atoms with Crippen LogP contribution in [0.15, 0.2) is 11.4 Å². The van der Waals surface area contributed by atoms with Crippen molar-refractivity contribution in [3.05, 3.63) is 21.9 Å². The van der Waals surface area contributed by atoms with Crippen LogP contribution in [0.1, 0.15) is 17.4 Å². The van der Waals surface area contributed by atoms with Gasteiger partial charge in [0.2, 0.25) is 0 Å². The molecule has 0 radical (unpaired) electrons. The summed E-state index contributed by atoms with van der Waals surface area (Å²) in [6, 6.07) is 2.13. The van der Waals surface area contributed by atoms with Crippen molar-refractivity contribution in [2.24, 2.45) is 0 Å². The molecule has 2 heterocycles. The average Bonchev–Trinajstić information content (AvgIpc) is 2.76. The third-order valence-corrected chi connectivity index (χ3v) is 4.45. The van der Waals surface area contributed by atoms with Gasteiger partial charge in [-0.1, -0.05) is 0 Å². The maximum atomic E-state index is 10.4. The van der Waals surface area contributed by atoms with Crippen LogP contribution in [0.2, 0.25) is 0 Å². The number of aliphatic hydroxyl groups is 1. The van der Waals surface area contributed by atoms with E-state index < -0.39 is 5.60 Å². The molecule has 1 aliphatic rings. The fourth-order valence-corrected chi connectivity index (χ4v) is 3.20. The molecule has 1 atom stereocenters. The van der Waals surface area contributed by atoms with Crippen LogP contribution in [0.5, 0.6) is 0 Å². The monoisotopic (exact) mass is 284 g/mol. The Morgan fingerprint density at radius 2 is 2.21 bits per heavy atom. The van der Waals surface area contributed by atoms with Gasteiger partial charge in [-0.15, -0.1) is 11.3 Å². The largest absolute Gasteiger partial charge is 0.388 e. The van der Waals surface area contributed by atoms with Gasteiger partial charge in [-0.2, -0.15) is 0 Å². The van der Waals surface area contributed by atoms with Crippen molar-refractivity contribution in [3.8, 4) is 0 Å². The normalized spacial score (nSPS) is 20.4. The topological polar surface area (TPSA) is 44.7 Å². The molecule has 1 fully saturated rings. The summed E-state index contributed by atoms with van der Waals surface area (Å²) in [4.78, 5) is 3.61. The minimum atomic E-state index is -0.692. The molecule has 4 nitrogen and oxygen atoms in total. The molecular weight excluding hydrogens is 260 g/mol. The summed E-state index contributed by atoms with van der Waals surface area (Å²) in [7, 11) is 0. The summed E-state index contributed by atoms with van der Waals surface area (Å²) in [6.07, 6.45) is 0. The molecule has 0 spiro atoms. The summed E-state index contributed by atoms with van der Waals surface area (Å²) in [5.41, 5.74) is 0.632. The Bertz CT molecular complexity index is 387. The van der Waals surface area contributed by atoms with E-state index in [2.05, 4.69) is 28.6 Å². The first-order chi connectivity index (χ1) is 9.07. The molecule has 0 amide bonds. The third-order valence-electron chi connectivity index (χ3n) is 3.43. The zero-order chi connectivity index (χ0) is 13.7. The Hall–Kier alpha value is -0.460. The molecule has 108 valence electrons. The molecule has 1 unspecified atom stereocenters. The molecule has 0 aromatic carbocycles. The van der Waals surface area contributed by atoms with E-state index in [1.165, 1.54) is 10.4 Å². The highest BCUT2D eigenvalue weighted by atomic mass is 32.1. The molecular formula is C14H24N2O2S. The van der Waals surface area contributed by atoms with Crippen LogP contribution < -0.4 is 5.32 Å². The second-order valence-electron chi connectivity index (χ2n) is 5.52. The van der Waals surface area contributed by atoms with Crippen molar-refractivity contribution >= 4 is 11.3 Å². The van der Waals surface area contributed by atoms with Crippen molar-refractivity contribution in [2.75, 3.05) is 39.4 Å². The molecule has 5 heteroatoms. The van der Waals surface area contributed by atoms with Crippen LogP contribution in [0.3, 0.4) is 0 Å². The van der Waals surface area contributed by atoms with Crippen molar-refractivity contribution in [1.82, 2.24) is 10.2 Å². The Morgan fingerprint density at radius 1 is 1.47 bits per heavy atom. The highest BCUT2D eigenvalue weighted by Crippen LogP contribution is 2.15. The fraction of sp³-hybridized carbons (Fsp3) is 0.714. The van der Waals surface area contributed by atoms with Gasteiger partial charge in [0.25, 0.3) is 0 Å². The Balaban J connectivity index is 1.72. The summed E-state index contributed by atoms with van der Waals surface area (Å²) < 4.78 is 5.32. The quantitative estimate of drug-likeness (QED) is 0.825. The van der Waals surface area contributed by atoms with Crippen molar-refractivity contribution < 1.29 is 9.84 Å². The number of thiophene rings is 1. The van der Waals surface area contributed by atoms with Crippen LogP contribution in [-0.4, -0.2) is 55.0 Å². The van der Waals surface area contributed by atoms with Gasteiger partial charge in [0.05, 0.1) is 18.8 Å². The average molecular weight is 284 g/mol. The molecule has 2 rings (SSSR count). The first-order valence-corrected chi connectivity index (χ1v) is 7.71. The zero-order valence-electron chi connectivity index (χ0n) is 11.8. The molecule has 1 aliphatic heterocycles. The number of aryl methyl sites for hydroxylation is 1. The van der Waals surface area contributed by atoms with Crippen molar-refractivity contribution in [2.45, 2.75) is 26.0 Å². The molecule has 1 saturated heterocycles. The van der Waals surface area contributed by atoms with E-state index in [4.69, 9.17) is 4.74 Å². The van der Waals surface area contributed by atoms with E-state index in [1.54, 1.807) is 11.3 Å². The molecule has 1 aromatic heterocycles. The standard InChI is InChI=1S/C14H24N2O2S/c1-12-3-8-19-13(12)9-15-10-14(2,17)11-16-4-6-18-7-5-16/h3,8,15,17H,4-7,9-11H2,1-2H3. The fourth-order valence-electron chi connectivity index (χ4n) is 2.33. The molecule has 0 bridgehead atoms. The zero-order valence-corrected chi connectivity index (χ0v) is 12.6. The van der Waals surface area contributed by atoms with E-state index in [-0.39, 0.29) is 0 Å². The lowest BCUT2D eigenvalue weighted by molar-refractivity contribution is -0.0219. The number of β-amino-alcohol motifs (C(OH)–C–C–N with tert-alkyl or cyclic N) is 1. The Labute approximate surface area is 119 Å². The van der Waals surface area contributed by atoms with Crippen molar-refractivity contribution in [3.63, 3.8) is 0 Å². The molecule has 0 saturated carbocycles. The van der Waals surface area contributed by atoms with E-state index in [9.17, 15) is 5.11 Å². The predicted octanol–water partition coefficient (Wildman–Crippen LogP) is 1.23. The van der Waals surface area contributed by atoms with E-state index >= 15 is 0 Å². The summed E-state index contributed by atoms with van der Waals surface area (Å²) >= 11 is 1.76. The maximum absolute atomic E-state index is 10.4. The SMILES string of the molecule is Cc1ccsc1CNCC(C)(O)CN1CCOCC1. The van der Waals surface area contributed by atoms with Crippen LogP contribution in [0, 0.1) is 6.92 Å². The van der Waals surface area contributed by atoms with E-state index in [1.807, 2.05) is 6.92 Å². The molecule has 2 N–H and O–H groups in total. The Kier molecular flexibility index (Phi) is 5.36. The Morgan fingerprint density at radius 3 is 2.84 bits per heavy atom. The first-order valence-electron chi connectivity index (χ1n) is 6.83. The minimum Gasteiger partial charge on any atom is -0.388 e. The number of nitrogens with zero attached hydrogens (tertiary/aromatic N) is 1. The van der Waals surface area contributed by atoms with Crippen LogP contribution >= 0.6 is 11.3 Å². The van der Waals surface area contributed by atoms with Gasteiger partial charge in [0, 0.05) is 37.6 Å². The minimum absolute atomic E-state index is 0.613. The van der Waals surface area contributed by atoms with Gasteiger partial charge in [-0.25, -0.2) is 0 Å². The number of nitrogens with one attached hydrogen (secondary N) is 1. The van der Waals surface area contributed by atoms with Crippen LogP contribution in [-0.2, 0) is 11.3 Å². The lowest BCUT2D eigenvalue weighted by Gasteiger charge is -2.34. The van der Waals surface area contributed by atoms with Gasteiger partial charge in [-0.3, -0.25) is 4.90 Å². The maximum Gasteiger partial charge on any atom is 0.0869 e. The smallest absolute Gasteiger partial charge is 0.0869 e. The summed E-state index contributed by atoms with van der Waals surface area (Å²) in [6.45, 7) is 9.56. The van der Waals surface area contributed by atoms with E-state index in [0.29, 0.717) is 13.1 Å². The lowest BCUT2D eigenvalue weighted by Crippen LogP contribution is -2.50. The molecule has 19 heavy (non-hydrogen) atoms. The summed E-state index contributed by atoms with van der Waals surface area (Å²) in [5.74, 6) is 0. The lowest BCUT2D eigenvalue weighted by atomic mass is 10.1. The number of rotatable bonds is 6. The van der Waals surface area contributed by atoms with Crippen LogP contribution in [0.4, 0.5) is 0 Å². The predicted molar refractivity (Wildman–Crippen MR) is 78.6 cm³/mol. The van der Waals surface area contributed by atoms with Crippen molar-refractivity contribution in [1.29, 1.82) is 0 Å². The second-order valence-corrected chi connectivity index (χ2v) is 6.52. The number of ether oxygens (including phenoxy) is 1. The third kappa shape index (κ3) is 4.85. The van der Waals surface area contributed by atoms with Gasteiger partial charge in [-0.05, 0) is 30.9 Å². The highest BCUT2D eigenvalue weighted by molar-refractivity contribution is 7.10. The van der Waals surface area contributed by atoms with Crippen LogP contribution in [0.25, 0.3) is 0 Å². The number of hydrogen-bond donors (Lipinski definition) is 2. The number of hydrogen-bond acceptors (Lipinski definition) is 5. The van der Waals surface area contributed by atoms with Gasteiger partial charge in [0.15, 0.2) is 0 Å². The van der Waals surface area contributed by atoms with Gasteiger partial charge < -0.3 is 15.2 Å². The van der Waals surface area contributed by atoms with Gasteiger partial charge >= 0.3 is 0 Å². The summed E-state index contributed by atoms with van der Waals surface area (Å²) in [5, 5.41) is 15.9. The first kappa shape index (κ1) is 14.9. The van der Waals surface area contributed by atoms with Gasteiger partial charge in [0.1, 0.15) is 0 Å². The highest BCUT2D eigenvalue weighted by Gasteiger charge is 2.24. The van der Waals surface area contributed by atoms with E-state index in [0.717, 1.165) is 32.8 Å². The number of morpholine rings is 1.